The highest BCUT2D eigenvalue weighted by atomic mass is 32.1. The van der Waals surface area contributed by atoms with Gasteiger partial charge in [-0.2, -0.15) is 15.9 Å². The molecule has 152 valence electrons. The molecule has 0 saturated carbocycles. The Morgan fingerprint density at radius 3 is 2.87 bits per heavy atom. The van der Waals surface area contributed by atoms with Gasteiger partial charge in [-0.25, -0.2) is 0 Å². The molecule has 4 heterocycles. The molecule has 1 saturated heterocycles. The fourth-order valence-electron chi connectivity index (χ4n) is 3.89. The Bertz CT molecular complexity index is 1140. The minimum absolute atomic E-state index is 0.0165. The lowest BCUT2D eigenvalue weighted by molar-refractivity contribution is 0.0945. The second-order valence-electron chi connectivity index (χ2n) is 7.53. The number of aromatic nitrogens is 4. The Kier molecular flexibility index (Phi) is 5.15. The first kappa shape index (κ1) is 18.7. The van der Waals surface area contributed by atoms with Gasteiger partial charge in [0.2, 0.25) is 0 Å². The van der Waals surface area contributed by atoms with E-state index in [1.54, 1.807) is 11.3 Å². The maximum atomic E-state index is 12.4. The van der Waals surface area contributed by atoms with Crippen LogP contribution >= 0.6 is 11.3 Å². The quantitative estimate of drug-likeness (QED) is 0.537. The standard InChI is InChI=1S/C22H22N6OS/c29-22(17-6-2-1-3-7-17)23-13-16-5-4-11-27(14-16)20-9-8-19-24-25-21(28(19)26-20)18-10-12-30-15-18/h1-3,6-10,12,15-16H,4-5,11,13-14H2,(H,23,29). The maximum absolute atomic E-state index is 12.4. The molecule has 0 radical (unpaired) electrons. The predicted molar refractivity (Wildman–Crippen MR) is 118 cm³/mol. The van der Waals surface area contributed by atoms with Gasteiger partial charge in [-0.1, -0.05) is 18.2 Å². The molecule has 1 fully saturated rings. The van der Waals surface area contributed by atoms with Crippen LogP contribution < -0.4 is 10.2 Å². The molecule has 1 aliphatic rings. The lowest BCUT2D eigenvalue weighted by atomic mass is 9.98. The minimum Gasteiger partial charge on any atom is -0.355 e. The summed E-state index contributed by atoms with van der Waals surface area (Å²) in [5.41, 5.74) is 2.46. The molecule has 4 aromatic rings. The number of benzene rings is 1. The lowest BCUT2D eigenvalue weighted by Crippen LogP contribution is -2.41. The van der Waals surface area contributed by atoms with E-state index in [9.17, 15) is 4.79 Å². The first-order chi connectivity index (χ1) is 14.8. The van der Waals surface area contributed by atoms with Crippen molar-refractivity contribution >= 4 is 28.7 Å². The zero-order valence-electron chi connectivity index (χ0n) is 16.4. The molecule has 0 aliphatic carbocycles. The highest BCUT2D eigenvalue weighted by molar-refractivity contribution is 7.08. The average Bonchev–Trinajstić information content (AvgIpc) is 3.47. The summed E-state index contributed by atoms with van der Waals surface area (Å²) in [4.78, 5) is 14.6. The second kappa shape index (κ2) is 8.23. The van der Waals surface area contributed by atoms with Crippen molar-refractivity contribution in [2.75, 3.05) is 24.5 Å². The molecule has 30 heavy (non-hydrogen) atoms. The number of fused-ring (bicyclic) bond motifs is 1. The van der Waals surface area contributed by atoms with Crippen molar-refractivity contribution in [2.24, 2.45) is 5.92 Å². The van der Waals surface area contributed by atoms with Crippen molar-refractivity contribution in [3.05, 3.63) is 64.9 Å². The first-order valence-corrected chi connectivity index (χ1v) is 11.1. The highest BCUT2D eigenvalue weighted by Gasteiger charge is 2.22. The van der Waals surface area contributed by atoms with Crippen molar-refractivity contribution in [2.45, 2.75) is 12.8 Å². The van der Waals surface area contributed by atoms with Crippen LogP contribution in [0.25, 0.3) is 17.0 Å². The normalized spacial score (nSPS) is 16.7. The van der Waals surface area contributed by atoms with Gasteiger partial charge in [0.05, 0.1) is 0 Å². The summed E-state index contributed by atoms with van der Waals surface area (Å²) >= 11 is 1.63. The minimum atomic E-state index is -0.0165. The van der Waals surface area contributed by atoms with E-state index in [1.165, 1.54) is 0 Å². The van der Waals surface area contributed by atoms with Gasteiger partial charge in [0.1, 0.15) is 5.82 Å². The van der Waals surface area contributed by atoms with Crippen LogP contribution in [0.5, 0.6) is 0 Å². The van der Waals surface area contributed by atoms with E-state index in [0.29, 0.717) is 18.0 Å². The molecular weight excluding hydrogens is 396 g/mol. The summed E-state index contributed by atoms with van der Waals surface area (Å²) in [5.74, 6) is 2.05. The third kappa shape index (κ3) is 3.78. The Labute approximate surface area is 178 Å². The summed E-state index contributed by atoms with van der Waals surface area (Å²) in [6.07, 6.45) is 2.17. The van der Waals surface area contributed by atoms with Gasteiger partial charge in [-0.05, 0) is 54.5 Å². The Hall–Kier alpha value is -3.26. The van der Waals surface area contributed by atoms with Crippen molar-refractivity contribution in [1.82, 2.24) is 25.1 Å². The number of nitrogens with zero attached hydrogens (tertiary/aromatic N) is 5. The largest absolute Gasteiger partial charge is 0.355 e. The Morgan fingerprint density at radius 2 is 2.03 bits per heavy atom. The van der Waals surface area contributed by atoms with Crippen molar-refractivity contribution < 1.29 is 4.79 Å². The zero-order chi connectivity index (χ0) is 20.3. The van der Waals surface area contributed by atoms with E-state index in [4.69, 9.17) is 5.10 Å². The van der Waals surface area contributed by atoms with Crippen LogP contribution in [0.1, 0.15) is 23.2 Å². The number of rotatable bonds is 5. The SMILES string of the molecule is O=C(NCC1CCCN(c2ccc3nnc(-c4ccsc4)n3n2)C1)c1ccccc1. The topological polar surface area (TPSA) is 75.4 Å². The molecule has 1 N–H and O–H groups in total. The molecule has 1 aromatic carbocycles. The molecule has 0 spiro atoms. The second-order valence-corrected chi connectivity index (χ2v) is 8.31. The van der Waals surface area contributed by atoms with Crippen LogP contribution in [-0.2, 0) is 0 Å². The smallest absolute Gasteiger partial charge is 0.251 e. The van der Waals surface area contributed by atoms with E-state index >= 15 is 0 Å². The number of amides is 1. The molecule has 1 unspecified atom stereocenters. The van der Waals surface area contributed by atoms with Crippen molar-refractivity contribution in [1.29, 1.82) is 0 Å². The fraction of sp³-hybridized carbons (Fsp3) is 0.273. The van der Waals surface area contributed by atoms with E-state index < -0.39 is 0 Å². The zero-order valence-corrected chi connectivity index (χ0v) is 17.3. The van der Waals surface area contributed by atoms with E-state index in [-0.39, 0.29) is 5.91 Å². The van der Waals surface area contributed by atoms with Gasteiger partial charge in [-0.15, -0.1) is 15.3 Å². The van der Waals surface area contributed by atoms with Crippen molar-refractivity contribution in [3.8, 4) is 11.4 Å². The highest BCUT2D eigenvalue weighted by Crippen LogP contribution is 2.24. The molecule has 7 nitrogen and oxygen atoms in total. The average molecular weight is 419 g/mol. The molecule has 5 rings (SSSR count). The number of nitrogens with one attached hydrogen (secondary N) is 1. The summed E-state index contributed by atoms with van der Waals surface area (Å²) in [5, 5.41) is 20.5. The molecule has 1 aliphatic heterocycles. The Balaban J connectivity index is 1.29. The lowest BCUT2D eigenvalue weighted by Gasteiger charge is -2.33. The third-order valence-corrected chi connectivity index (χ3v) is 6.14. The number of hydrogen-bond donors (Lipinski definition) is 1. The monoisotopic (exact) mass is 418 g/mol. The van der Waals surface area contributed by atoms with Gasteiger partial charge in [0, 0.05) is 36.1 Å². The molecule has 3 aromatic heterocycles. The van der Waals surface area contributed by atoms with Gasteiger partial charge in [0.15, 0.2) is 11.5 Å². The third-order valence-electron chi connectivity index (χ3n) is 5.46. The molecule has 8 heteroatoms. The maximum Gasteiger partial charge on any atom is 0.251 e. The Morgan fingerprint density at radius 1 is 1.13 bits per heavy atom. The van der Waals surface area contributed by atoms with Crippen LogP contribution in [0.4, 0.5) is 5.82 Å². The van der Waals surface area contributed by atoms with E-state index in [1.807, 2.05) is 58.4 Å². The molecule has 1 amide bonds. The van der Waals surface area contributed by atoms with Gasteiger partial charge in [-0.3, -0.25) is 4.79 Å². The number of hydrogen-bond acceptors (Lipinski definition) is 6. The van der Waals surface area contributed by atoms with Crippen molar-refractivity contribution in [3.63, 3.8) is 0 Å². The summed E-state index contributed by atoms with van der Waals surface area (Å²) in [7, 11) is 0. The number of piperidine rings is 1. The summed E-state index contributed by atoms with van der Waals surface area (Å²) < 4.78 is 1.82. The predicted octanol–water partition coefficient (Wildman–Crippen LogP) is 3.50. The van der Waals surface area contributed by atoms with Crippen LogP contribution in [0, 0.1) is 5.92 Å². The number of anilines is 1. The fourth-order valence-corrected chi connectivity index (χ4v) is 4.52. The van der Waals surface area contributed by atoms with Crippen LogP contribution in [-0.4, -0.2) is 45.4 Å². The number of thiophene rings is 1. The summed E-state index contributed by atoms with van der Waals surface area (Å²) in [6.45, 7) is 2.49. The molecule has 0 bridgehead atoms. The first-order valence-electron chi connectivity index (χ1n) is 10.1. The van der Waals surface area contributed by atoms with Crippen LogP contribution in [0.15, 0.2) is 59.3 Å². The molecule has 1 atom stereocenters. The van der Waals surface area contributed by atoms with Gasteiger partial charge in [0.25, 0.3) is 5.91 Å². The molecular formula is C22H22N6OS. The van der Waals surface area contributed by atoms with Crippen LogP contribution in [0.3, 0.4) is 0 Å². The van der Waals surface area contributed by atoms with Crippen LogP contribution in [0.2, 0.25) is 0 Å². The van der Waals surface area contributed by atoms with Gasteiger partial charge < -0.3 is 10.2 Å². The summed E-state index contributed by atoms with van der Waals surface area (Å²) in [6, 6.07) is 15.4. The van der Waals surface area contributed by atoms with Gasteiger partial charge >= 0.3 is 0 Å². The number of carbonyl (C=O) groups excluding carboxylic acids is 1. The van der Waals surface area contributed by atoms with E-state index in [2.05, 4.69) is 25.8 Å². The number of carbonyl (C=O) groups is 1. The van der Waals surface area contributed by atoms with E-state index in [0.717, 1.165) is 48.8 Å².